The van der Waals surface area contributed by atoms with Crippen molar-refractivity contribution in [2.24, 2.45) is 11.8 Å². The lowest BCUT2D eigenvalue weighted by Crippen LogP contribution is -2.30. The van der Waals surface area contributed by atoms with Gasteiger partial charge in [-0.3, -0.25) is 37.3 Å². The van der Waals surface area contributed by atoms with Crippen molar-refractivity contribution in [3.05, 3.63) is 0 Å². The summed E-state index contributed by atoms with van der Waals surface area (Å²) in [6, 6.07) is 0. The number of carbonyl (C=O) groups excluding carboxylic acids is 4. The lowest BCUT2D eigenvalue weighted by molar-refractivity contribution is -0.161. The zero-order chi connectivity index (χ0) is 76.4. The molecular weight excluding hydrogens is 1350 g/mol. The van der Waals surface area contributed by atoms with E-state index in [0.29, 0.717) is 25.7 Å². The average Bonchev–Trinajstić information content (AvgIpc) is 0.907. The fraction of sp³-hybridized carbons (Fsp3) is 0.953. The number of aliphatic hydroxyl groups excluding tert-OH is 1. The maximum atomic E-state index is 13.1. The van der Waals surface area contributed by atoms with Crippen LogP contribution < -0.4 is 0 Å². The smallest absolute Gasteiger partial charge is 0.462 e. The van der Waals surface area contributed by atoms with E-state index in [0.717, 1.165) is 102 Å². The molecule has 0 spiro atoms. The first kappa shape index (κ1) is 102. The highest BCUT2D eigenvalue weighted by molar-refractivity contribution is 7.47. The third-order valence-corrected chi connectivity index (χ3v) is 22.6. The number of hydrogen-bond donors (Lipinski definition) is 3. The molecule has 0 aromatic heterocycles. The molecule has 104 heavy (non-hydrogen) atoms. The maximum Gasteiger partial charge on any atom is 0.472 e. The Morgan fingerprint density at radius 2 is 0.462 bits per heavy atom. The summed E-state index contributed by atoms with van der Waals surface area (Å²) in [6.45, 7) is 9.78. The van der Waals surface area contributed by atoms with Gasteiger partial charge in [0, 0.05) is 25.7 Å². The van der Waals surface area contributed by atoms with Crippen molar-refractivity contribution in [2.45, 2.75) is 471 Å². The Bertz CT molecular complexity index is 2000. The quantitative estimate of drug-likeness (QED) is 0.0222. The van der Waals surface area contributed by atoms with Gasteiger partial charge in [0.15, 0.2) is 12.2 Å². The van der Waals surface area contributed by atoms with Gasteiger partial charge in [-0.05, 0) is 37.5 Å². The number of ether oxygens (including phenoxy) is 4. The number of phosphoric ester groups is 2. The summed E-state index contributed by atoms with van der Waals surface area (Å²) in [5.74, 6) is -0.381. The van der Waals surface area contributed by atoms with Gasteiger partial charge < -0.3 is 33.8 Å². The molecule has 19 heteroatoms. The van der Waals surface area contributed by atoms with Gasteiger partial charge >= 0.3 is 39.5 Å². The summed E-state index contributed by atoms with van der Waals surface area (Å²) in [5, 5.41) is 10.7. The molecular formula is C85H166O17P2. The van der Waals surface area contributed by atoms with Crippen LogP contribution in [0, 0.1) is 11.8 Å². The molecule has 0 heterocycles. The van der Waals surface area contributed by atoms with Crippen molar-refractivity contribution in [1.82, 2.24) is 0 Å². The molecule has 0 aliphatic rings. The molecule has 0 aliphatic carbocycles. The van der Waals surface area contributed by atoms with Gasteiger partial charge in [0.25, 0.3) is 0 Å². The van der Waals surface area contributed by atoms with Gasteiger partial charge in [-0.2, -0.15) is 0 Å². The molecule has 0 amide bonds. The largest absolute Gasteiger partial charge is 0.472 e. The van der Waals surface area contributed by atoms with Crippen molar-refractivity contribution in [3.63, 3.8) is 0 Å². The highest BCUT2D eigenvalue weighted by Crippen LogP contribution is 2.45. The molecule has 0 saturated heterocycles. The third-order valence-electron chi connectivity index (χ3n) is 20.7. The van der Waals surface area contributed by atoms with E-state index >= 15 is 0 Å². The van der Waals surface area contributed by atoms with Crippen LogP contribution in [0.25, 0.3) is 0 Å². The number of phosphoric acid groups is 2. The van der Waals surface area contributed by atoms with Crippen molar-refractivity contribution in [1.29, 1.82) is 0 Å². The Morgan fingerprint density at radius 3 is 0.683 bits per heavy atom. The normalized spacial score (nSPS) is 14.4. The predicted octanol–water partition coefficient (Wildman–Crippen LogP) is 25.8. The minimum atomic E-state index is -4.97. The van der Waals surface area contributed by atoms with E-state index in [2.05, 4.69) is 41.5 Å². The fourth-order valence-corrected chi connectivity index (χ4v) is 14.8. The summed E-state index contributed by atoms with van der Waals surface area (Å²) in [7, 11) is -9.92. The lowest BCUT2D eigenvalue weighted by Gasteiger charge is -2.21. The third kappa shape index (κ3) is 75.5. The van der Waals surface area contributed by atoms with Gasteiger partial charge in [0.1, 0.15) is 19.3 Å². The van der Waals surface area contributed by atoms with E-state index in [-0.39, 0.29) is 25.7 Å². The molecule has 7 atom stereocenters. The molecule has 0 aromatic carbocycles. The average molecular weight is 1520 g/mol. The highest BCUT2D eigenvalue weighted by Gasteiger charge is 2.30. The Hall–Kier alpha value is -1.94. The first-order valence-electron chi connectivity index (χ1n) is 44.1. The molecule has 0 bridgehead atoms. The number of aliphatic hydroxyl groups is 1. The van der Waals surface area contributed by atoms with Crippen LogP contribution in [0.3, 0.4) is 0 Å². The van der Waals surface area contributed by atoms with E-state index < -0.39 is 97.5 Å². The Balaban J connectivity index is 5.23. The topological polar surface area (TPSA) is 237 Å². The second-order valence-corrected chi connectivity index (χ2v) is 34.0. The van der Waals surface area contributed by atoms with Crippen LogP contribution >= 0.6 is 15.6 Å². The Morgan fingerprint density at radius 1 is 0.269 bits per heavy atom. The van der Waals surface area contributed by atoms with Crippen LogP contribution in [0.4, 0.5) is 0 Å². The SMILES string of the molecule is CCCCCCCCCCCCCCCC(=O)O[C@H](COC(=O)CCCCCCCCCCCCC)COP(=O)(O)OC[C@H](O)COP(=O)(O)OC[C@@H](COC(=O)CCCCCCCCCCCCCCCCC(C)CC)OC(=O)CCCCCCCCCCCCCCCCCCCCC(C)CC. The monoisotopic (exact) mass is 1520 g/mol. The minimum Gasteiger partial charge on any atom is -0.462 e. The summed E-state index contributed by atoms with van der Waals surface area (Å²) in [5.41, 5.74) is 0. The van der Waals surface area contributed by atoms with E-state index in [4.69, 9.17) is 37.0 Å². The molecule has 0 saturated carbocycles. The van der Waals surface area contributed by atoms with Crippen LogP contribution in [0.15, 0.2) is 0 Å². The van der Waals surface area contributed by atoms with Crippen molar-refractivity contribution in [2.75, 3.05) is 39.6 Å². The fourth-order valence-electron chi connectivity index (χ4n) is 13.2. The predicted molar refractivity (Wildman–Crippen MR) is 428 cm³/mol. The van der Waals surface area contributed by atoms with Crippen LogP contribution in [0.2, 0.25) is 0 Å². The Kier molecular flexibility index (Phi) is 75.0. The van der Waals surface area contributed by atoms with Crippen molar-refractivity contribution >= 4 is 39.5 Å². The summed E-state index contributed by atoms with van der Waals surface area (Å²) in [6.07, 6.45) is 67.8. The van der Waals surface area contributed by atoms with Gasteiger partial charge in [0.2, 0.25) is 0 Å². The highest BCUT2D eigenvalue weighted by atomic mass is 31.2. The van der Waals surface area contributed by atoms with Crippen molar-refractivity contribution < 1.29 is 80.2 Å². The second-order valence-electron chi connectivity index (χ2n) is 31.1. The molecule has 0 radical (unpaired) electrons. The first-order chi connectivity index (χ1) is 50.4. The summed E-state index contributed by atoms with van der Waals surface area (Å²) >= 11 is 0. The van der Waals surface area contributed by atoms with Gasteiger partial charge in [-0.15, -0.1) is 0 Å². The maximum absolute atomic E-state index is 13.1. The van der Waals surface area contributed by atoms with Crippen molar-refractivity contribution in [3.8, 4) is 0 Å². The molecule has 0 fully saturated rings. The molecule has 4 unspecified atom stereocenters. The van der Waals surface area contributed by atoms with Gasteiger partial charge in [-0.1, -0.05) is 401 Å². The summed E-state index contributed by atoms with van der Waals surface area (Å²) < 4.78 is 68.8. The molecule has 17 nitrogen and oxygen atoms in total. The van der Waals surface area contributed by atoms with E-state index in [1.54, 1.807) is 0 Å². The lowest BCUT2D eigenvalue weighted by atomic mass is 9.99. The standard InChI is InChI=1S/C85H166O17P2/c1-7-11-13-15-17-19-21-30-39-45-51-57-63-69-84(89)101-80(73-95-82(87)67-61-55-49-43-35-20-18-16-14-12-8-2)75-99-103(91,92)97-71-79(86)72-98-104(93,94)100-76-81(74-96-83(88)68-62-56-50-44-38-33-29-28-32-37-42-48-54-60-66-78(6)10-4)102-85(90)70-64-58-52-46-40-34-27-25-23-22-24-26-31-36-41-47-53-59-65-77(5)9-3/h77-81,86H,7-76H2,1-6H3,(H,91,92)(H,93,94)/t77?,78?,79-,80+,81+/m0/s1. The Labute approximate surface area is 638 Å². The van der Waals surface area contributed by atoms with E-state index in [1.807, 2.05) is 0 Å². The molecule has 0 aromatic rings. The van der Waals surface area contributed by atoms with Gasteiger partial charge in [0.05, 0.1) is 26.4 Å². The van der Waals surface area contributed by atoms with Crippen LogP contribution in [-0.4, -0.2) is 96.7 Å². The van der Waals surface area contributed by atoms with E-state index in [9.17, 15) is 43.2 Å². The number of esters is 4. The number of carbonyl (C=O) groups is 4. The zero-order valence-electron chi connectivity index (χ0n) is 68.3. The van der Waals surface area contributed by atoms with E-state index in [1.165, 1.54) is 270 Å². The summed E-state index contributed by atoms with van der Waals surface area (Å²) in [4.78, 5) is 73.2. The molecule has 618 valence electrons. The van der Waals surface area contributed by atoms with Crippen LogP contribution in [0.5, 0.6) is 0 Å². The van der Waals surface area contributed by atoms with Crippen LogP contribution in [-0.2, 0) is 65.4 Å². The second kappa shape index (κ2) is 76.4. The molecule has 0 aliphatic heterocycles. The number of hydrogen-bond acceptors (Lipinski definition) is 15. The number of rotatable bonds is 84. The first-order valence-corrected chi connectivity index (χ1v) is 47.1. The van der Waals surface area contributed by atoms with Gasteiger partial charge in [-0.25, -0.2) is 9.13 Å². The van der Waals surface area contributed by atoms with Crippen LogP contribution in [0.1, 0.15) is 452 Å². The molecule has 0 rings (SSSR count). The minimum absolute atomic E-state index is 0.108. The zero-order valence-corrected chi connectivity index (χ0v) is 70.1. The number of unbranched alkanes of at least 4 members (excludes halogenated alkanes) is 52. The molecule has 3 N–H and O–H groups in total.